The van der Waals surface area contributed by atoms with Crippen molar-refractivity contribution in [3.63, 3.8) is 0 Å². The van der Waals surface area contributed by atoms with Crippen molar-refractivity contribution in [3.05, 3.63) is 53.8 Å². The summed E-state index contributed by atoms with van der Waals surface area (Å²) in [6, 6.07) is 14.8. The quantitative estimate of drug-likeness (QED) is 0.392. The number of benzene rings is 2. The van der Waals surface area contributed by atoms with E-state index in [-0.39, 0.29) is 0 Å². The van der Waals surface area contributed by atoms with Crippen molar-refractivity contribution < 1.29 is 4.42 Å². The molecular weight excluding hydrogens is 196 g/mol. The molecule has 0 radical (unpaired) electrons. The minimum atomic E-state index is 0.987. The standard InChI is InChI=1S/C15H13O/c1-10-9-13-8-7-12-5-3-4-6-14(12)15(13)16-11(10)2/h3-9H,1-2H3/q+1. The van der Waals surface area contributed by atoms with Crippen LogP contribution in [0.15, 0.2) is 46.9 Å². The predicted molar refractivity (Wildman–Crippen MR) is 67.6 cm³/mol. The van der Waals surface area contributed by atoms with Gasteiger partial charge in [-0.15, -0.1) is 0 Å². The fourth-order valence-corrected chi connectivity index (χ4v) is 2.06. The topological polar surface area (TPSA) is 11.3 Å². The Morgan fingerprint density at radius 1 is 0.875 bits per heavy atom. The van der Waals surface area contributed by atoms with Gasteiger partial charge in [0.1, 0.15) is 0 Å². The summed E-state index contributed by atoms with van der Waals surface area (Å²) in [5.41, 5.74) is 2.18. The van der Waals surface area contributed by atoms with Gasteiger partial charge in [0.15, 0.2) is 0 Å². The Labute approximate surface area is 94.3 Å². The summed E-state index contributed by atoms with van der Waals surface area (Å²) in [6.45, 7) is 4.09. The van der Waals surface area contributed by atoms with Crippen molar-refractivity contribution in [2.75, 3.05) is 0 Å². The van der Waals surface area contributed by atoms with Gasteiger partial charge in [-0.2, -0.15) is 0 Å². The molecule has 16 heavy (non-hydrogen) atoms. The van der Waals surface area contributed by atoms with Gasteiger partial charge in [0, 0.05) is 5.56 Å². The third-order valence-corrected chi connectivity index (χ3v) is 3.09. The Kier molecular flexibility index (Phi) is 1.93. The first kappa shape index (κ1) is 9.34. The average molecular weight is 209 g/mol. The van der Waals surface area contributed by atoms with Crippen LogP contribution in [0.1, 0.15) is 11.3 Å². The van der Waals surface area contributed by atoms with Gasteiger partial charge in [0.2, 0.25) is 0 Å². The Hall–Kier alpha value is -1.89. The zero-order chi connectivity index (χ0) is 11.1. The van der Waals surface area contributed by atoms with E-state index in [1.165, 1.54) is 21.7 Å². The molecule has 0 atom stereocenters. The van der Waals surface area contributed by atoms with E-state index in [0.717, 1.165) is 11.3 Å². The molecule has 1 nitrogen and oxygen atoms in total. The number of hydrogen-bond acceptors (Lipinski definition) is 0. The molecule has 0 aliphatic carbocycles. The van der Waals surface area contributed by atoms with E-state index in [4.69, 9.17) is 4.42 Å². The van der Waals surface area contributed by atoms with Crippen LogP contribution in [0.5, 0.6) is 0 Å². The molecule has 1 aromatic heterocycles. The van der Waals surface area contributed by atoms with Crippen LogP contribution in [0.3, 0.4) is 0 Å². The van der Waals surface area contributed by atoms with Crippen molar-refractivity contribution in [2.45, 2.75) is 13.8 Å². The predicted octanol–water partition coefficient (Wildman–Crippen LogP) is 4.48. The van der Waals surface area contributed by atoms with Crippen LogP contribution in [0, 0.1) is 13.8 Å². The Morgan fingerprint density at radius 2 is 1.62 bits per heavy atom. The van der Waals surface area contributed by atoms with Gasteiger partial charge >= 0.3 is 11.3 Å². The summed E-state index contributed by atoms with van der Waals surface area (Å²) in [6.07, 6.45) is 0. The van der Waals surface area contributed by atoms with Crippen LogP contribution >= 0.6 is 0 Å². The van der Waals surface area contributed by atoms with Crippen LogP contribution in [-0.2, 0) is 0 Å². The Bertz CT molecular complexity index is 683. The molecule has 0 spiro atoms. The second kappa shape index (κ2) is 3.31. The highest BCUT2D eigenvalue weighted by Gasteiger charge is 2.14. The molecule has 3 rings (SSSR count). The van der Waals surface area contributed by atoms with Crippen LogP contribution in [0.2, 0.25) is 0 Å². The van der Waals surface area contributed by atoms with Gasteiger partial charge in [-0.3, -0.25) is 0 Å². The first-order chi connectivity index (χ1) is 7.75. The molecule has 3 aromatic rings. The normalized spacial score (nSPS) is 11.1. The highest BCUT2D eigenvalue weighted by Crippen LogP contribution is 2.27. The maximum atomic E-state index is 5.91. The van der Waals surface area contributed by atoms with Gasteiger partial charge in [0.25, 0.3) is 0 Å². The second-order valence-electron chi connectivity index (χ2n) is 4.19. The lowest BCUT2D eigenvalue weighted by Crippen LogP contribution is -1.83. The summed E-state index contributed by atoms with van der Waals surface area (Å²) in [4.78, 5) is 0. The zero-order valence-electron chi connectivity index (χ0n) is 9.45. The second-order valence-corrected chi connectivity index (χ2v) is 4.19. The third kappa shape index (κ3) is 1.28. The molecule has 0 unspecified atom stereocenters. The van der Waals surface area contributed by atoms with E-state index in [2.05, 4.69) is 43.3 Å². The SMILES string of the molecule is Cc1cc2ccc3ccccc3c2[o+]c1C. The van der Waals surface area contributed by atoms with Gasteiger partial charge < -0.3 is 0 Å². The van der Waals surface area contributed by atoms with E-state index in [1.807, 2.05) is 13.0 Å². The molecule has 0 saturated heterocycles. The Morgan fingerprint density at radius 3 is 2.50 bits per heavy atom. The number of aryl methyl sites for hydroxylation is 2. The van der Waals surface area contributed by atoms with Crippen LogP contribution in [0.4, 0.5) is 0 Å². The maximum absolute atomic E-state index is 5.91. The number of fused-ring (bicyclic) bond motifs is 3. The minimum absolute atomic E-state index is 0.987. The van der Waals surface area contributed by atoms with Crippen molar-refractivity contribution in [1.29, 1.82) is 0 Å². The summed E-state index contributed by atoms with van der Waals surface area (Å²) in [7, 11) is 0. The summed E-state index contributed by atoms with van der Waals surface area (Å²) in [5, 5.41) is 3.58. The molecule has 0 aliphatic heterocycles. The number of rotatable bonds is 0. The minimum Gasteiger partial charge on any atom is -0.212 e. The molecule has 0 aliphatic rings. The smallest absolute Gasteiger partial charge is 0.212 e. The third-order valence-electron chi connectivity index (χ3n) is 3.09. The van der Waals surface area contributed by atoms with Crippen molar-refractivity contribution in [2.24, 2.45) is 0 Å². The van der Waals surface area contributed by atoms with Gasteiger partial charge in [-0.05, 0) is 30.5 Å². The molecule has 1 heteroatoms. The van der Waals surface area contributed by atoms with E-state index >= 15 is 0 Å². The largest absolute Gasteiger partial charge is 0.367 e. The fourth-order valence-electron chi connectivity index (χ4n) is 2.06. The molecular formula is C15H13O+. The van der Waals surface area contributed by atoms with Crippen molar-refractivity contribution >= 4 is 21.7 Å². The van der Waals surface area contributed by atoms with Crippen LogP contribution in [-0.4, -0.2) is 0 Å². The lowest BCUT2D eigenvalue weighted by Gasteiger charge is -1.97. The first-order valence-corrected chi connectivity index (χ1v) is 5.47. The van der Waals surface area contributed by atoms with Gasteiger partial charge in [0.05, 0.1) is 17.7 Å². The molecule has 0 saturated carbocycles. The van der Waals surface area contributed by atoms with E-state index in [0.29, 0.717) is 0 Å². The van der Waals surface area contributed by atoms with Gasteiger partial charge in [-0.1, -0.05) is 24.3 Å². The molecule has 0 fully saturated rings. The first-order valence-electron chi connectivity index (χ1n) is 5.47. The highest BCUT2D eigenvalue weighted by atomic mass is 16.3. The van der Waals surface area contributed by atoms with Crippen molar-refractivity contribution in [1.82, 2.24) is 0 Å². The zero-order valence-corrected chi connectivity index (χ0v) is 9.45. The fraction of sp³-hybridized carbons (Fsp3) is 0.133. The molecule has 0 amide bonds. The Balaban J connectivity index is 2.55. The van der Waals surface area contributed by atoms with Crippen LogP contribution in [0.25, 0.3) is 21.7 Å². The molecule has 2 aromatic carbocycles. The molecule has 1 heterocycles. The molecule has 0 N–H and O–H groups in total. The van der Waals surface area contributed by atoms with Crippen molar-refractivity contribution in [3.8, 4) is 0 Å². The van der Waals surface area contributed by atoms with E-state index in [9.17, 15) is 0 Å². The van der Waals surface area contributed by atoms with Gasteiger partial charge in [-0.25, -0.2) is 4.42 Å². The monoisotopic (exact) mass is 209 g/mol. The molecule has 78 valence electrons. The lowest BCUT2D eigenvalue weighted by atomic mass is 10.1. The number of hydrogen-bond donors (Lipinski definition) is 0. The van der Waals surface area contributed by atoms with E-state index < -0.39 is 0 Å². The van der Waals surface area contributed by atoms with Crippen LogP contribution < -0.4 is 0 Å². The average Bonchev–Trinajstić information content (AvgIpc) is 2.31. The summed E-state index contributed by atoms with van der Waals surface area (Å²) >= 11 is 0. The highest BCUT2D eigenvalue weighted by molar-refractivity contribution is 6.03. The summed E-state index contributed by atoms with van der Waals surface area (Å²) < 4.78 is 5.91. The van der Waals surface area contributed by atoms with E-state index in [1.54, 1.807) is 0 Å². The lowest BCUT2D eigenvalue weighted by molar-refractivity contribution is 0.563. The molecule has 0 bridgehead atoms. The summed E-state index contributed by atoms with van der Waals surface area (Å²) in [5.74, 6) is 0.990. The maximum Gasteiger partial charge on any atom is 0.367 e.